The quantitative estimate of drug-likeness (QED) is 0.774. The van der Waals surface area contributed by atoms with E-state index < -0.39 is 0 Å². The summed E-state index contributed by atoms with van der Waals surface area (Å²) >= 11 is 0. The largest absolute Gasteiger partial charge is 0.384 e. The average molecular weight is 232 g/mol. The number of aliphatic hydroxyl groups is 1. The molecular weight excluding hydrogens is 216 g/mol. The molecule has 4 heteroatoms. The fourth-order valence-electron chi connectivity index (χ4n) is 1.26. The third kappa shape index (κ3) is 5.14. The molecule has 0 fully saturated rings. The molecule has 1 rings (SSSR count). The van der Waals surface area contributed by atoms with Crippen molar-refractivity contribution in [3.63, 3.8) is 0 Å². The Kier molecular flexibility index (Phi) is 5.76. The molecule has 0 saturated carbocycles. The molecule has 1 heterocycles. The van der Waals surface area contributed by atoms with Gasteiger partial charge in [0.1, 0.15) is 12.4 Å². The molecule has 0 aliphatic heterocycles. The van der Waals surface area contributed by atoms with E-state index in [2.05, 4.69) is 22.1 Å². The normalized spacial score (nSPS) is 9.29. The van der Waals surface area contributed by atoms with Crippen LogP contribution in [0.25, 0.3) is 0 Å². The Bertz CT molecular complexity index is 433. The predicted molar refractivity (Wildman–Crippen MR) is 66.4 cm³/mol. The van der Waals surface area contributed by atoms with Crippen molar-refractivity contribution in [2.45, 2.75) is 26.2 Å². The molecule has 17 heavy (non-hydrogen) atoms. The van der Waals surface area contributed by atoms with Gasteiger partial charge in [-0.15, -0.1) is 0 Å². The van der Waals surface area contributed by atoms with Gasteiger partial charge >= 0.3 is 0 Å². The number of carbonyl (C=O) groups is 1. The summed E-state index contributed by atoms with van der Waals surface area (Å²) in [4.78, 5) is 15.5. The van der Waals surface area contributed by atoms with Crippen molar-refractivity contribution in [2.75, 3.05) is 11.9 Å². The average Bonchev–Trinajstić information content (AvgIpc) is 2.34. The van der Waals surface area contributed by atoms with Crippen LogP contribution in [0.1, 0.15) is 31.7 Å². The van der Waals surface area contributed by atoms with E-state index in [4.69, 9.17) is 5.11 Å². The van der Waals surface area contributed by atoms with Gasteiger partial charge in [-0.2, -0.15) is 0 Å². The molecule has 0 aliphatic carbocycles. The molecule has 4 nitrogen and oxygen atoms in total. The zero-order valence-electron chi connectivity index (χ0n) is 9.86. The number of aliphatic hydroxyl groups excluding tert-OH is 1. The number of anilines is 1. The Morgan fingerprint density at radius 3 is 3.12 bits per heavy atom. The lowest BCUT2D eigenvalue weighted by Gasteiger charge is -2.03. The van der Waals surface area contributed by atoms with Crippen molar-refractivity contribution in [1.82, 2.24) is 4.98 Å². The zero-order valence-corrected chi connectivity index (χ0v) is 9.86. The molecule has 2 N–H and O–H groups in total. The smallest absolute Gasteiger partial charge is 0.225 e. The van der Waals surface area contributed by atoms with Gasteiger partial charge in [-0.3, -0.25) is 4.79 Å². The lowest BCUT2D eigenvalue weighted by molar-refractivity contribution is -0.116. The summed E-state index contributed by atoms with van der Waals surface area (Å²) in [7, 11) is 0. The maximum absolute atomic E-state index is 11.5. The summed E-state index contributed by atoms with van der Waals surface area (Å²) in [5, 5.41) is 11.3. The number of unbranched alkanes of at least 4 members (excludes halogenated alkanes) is 1. The molecule has 0 aromatic carbocycles. The van der Waals surface area contributed by atoms with Crippen LogP contribution in [0, 0.1) is 11.8 Å². The number of hydrogen-bond acceptors (Lipinski definition) is 3. The van der Waals surface area contributed by atoms with Gasteiger partial charge in [0.15, 0.2) is 0 Å². The van der Waals surface area contributed by atoms with Gasteiger partial charge in [0.2, 0.25) is 5.91 Å². The van der Waals surface area contributed by atoms with Crippen molar-refractivity contribution < 1.29 is 9.90 Å². The maximum atomic E-state index is 11.5. The Morgan fingerprint density at radius 1 is 1.59 bits per heavy atom. The number of nitrogens with one attached hydrogen (secondary N) is 1. The van der Waals surface area contributed by atoms with E-state index in [1.165, 1.54) is 0 Å². The van der Waals surface area contributed by atoms with Crippen molar-refractivity contribution in [1.29, 1.82) is 0 Å². The maximum Gasteiger partial charge on any atom is 0.225 e. The number of nitrogens with zero attached hydrogens (tertiary/aromatic N) is 1. The van der Waals surface area contributed by atoms with Crippen molar-refractivity contribution >= 4 is 11.7 Å². The van der Waals surface area contributed by atoms with Gasteiger partial charge in [0.25, 0.3) is 0 Å². The minimum Gasteiger partial charge on any atom is -0.384 e. The van der Waals surface area contributed by atoms with E-state index in [1.54, 1.807) is 18.3 Å². The minimum atomic E-state index is -0.180. The van der Waals surface area contributed by atoms with Crippen molar-refractivity contribution in [3.8, 4) is 11.8 Å². The second-order valence-corrected chi connectivity index (χ2v) is 3.54. The highest BCUT2D eigenvalue weighted by Gasteiger charge is 2.02. The van der Waals surface area contributed by atoms with E-state index in [9.17, 15) is 4.79 Å². The summed E-state index contributed by atoms with van der Waals surface area (Å²) in [5.41, 5.74) is 0.722. The summed E-state index contributed by atoms with van der Waals surface area (Å²) < 4.78 is 0. The van der Waals surface area contributed by atoms with Gasteiger partial charge < -0.3 is 10.4 Å². The van der Waals surface area contributed by atoms with Gasteiger partial charge in [-0.25, -0.2) is 4.98 Å². The fraction of sp³-hybridized carbons (Fsp3) is 0.385. The molecule has 0 unspecified atom stereocenters. The first kappa shape index (κ1) is 13.2. The van der Waals surface area contributed by atoms with Crippen LogP contribution in [0.2, 0.25) is 0 Å². The molecular formula is C13H16N2O2. The molecule has 1 aromatic rings. The van der Waals surface area contributed by atoms with Crippen LogP contribution in [0.3, 0.4) is 0 Å². The lowest BCUT2D eigenvalue weighted by atomic mass is 10.2. The number of hydrogen-bond donors (Lipinski definition) is 2. The number of carbonyl (C=O) groups excluding carboxylic acids is 1. The van der Waals surface area contributed by atoms with Gasteiger partial charge in [-0.05, 0) is 18.6 Å². The van der Waals surface area contributed by atoms with E-state index in [0.717, 1.165) is 18.4 Å². The Hall–Kier alpha value is -1.86. The van der Waals surface area contributed by atoms with E-state index in [1.807, 2.05) is 6.92 Å². The molecule has 0 bridgehead atoms. The number of amides is 1. The summed E-state index contributed by atoms with van der Waals surface area (Å²) in [5.74, 6) is 5.76. The first-order valence-electron chi connectivity index (χ1n) is 5.62. The summed E-state index contributed by atoms with van der Waals surface area (Å²) in [6, 6.07) is 3.41. The predicted octanol–water partition coefficient (Wildman–Crippen LogP) is 1.55. The van der Waals surface area contributed by atoms with Gasteiger partial charge in [-0.1, -0.05) is 25.2 Å². The van der Waals surface area contributed by atoms with Gasteiger partial charge in [0, 0.05) is 18.2 Å². The Labute approximate surface area is 101 Å². The van der Waals surface area contributed by atoms with E-state index in [-0.39, 0.29) is 12.5 Å². The van der Waals surface area contributed by atoms with E-state index >= 15 is 0 Å². The Morgan fingerprint density at radius 2 is 2.41 bits per heavy atom. The Balaban J connectivity index is 2.62. The highest BCUT2D eigenvalue weighted by Crippen LogP contribution is 2.07. The number of pyridine rings is 1. The van der Waals surface area contributed by atoms with E-state index in [0.29, 0.717) is 12.2 Å². The van der Waals surface area contributed by atoms with Crippen LogP contribution in [0.15, 0.2) is 18.3 Å². The van der Waals surface area contributed by atoms with Crippen molar-refractivity contribution in [2.24, 2.45) is 0 Å². The highest BCUT2D eigenvalue weighted by atomic mass is 16.2. The van der Waals surface area contributed by atoms with Crippen LogP contribution in [0.4, 0.5) is 5.82 Å². The molecule has 0 aliphatic rings. The van der Waals surface area contributed by atoms with Gasteiger partial charge in [0.05, 0.1) is 0 Å². The SMILES string of the molecule is CCCCC(=O)Nc1cc(C#CCO)ccn1. The van der Waals surface area contributed by atoms with Crippen LogP contribution in [0.5, 0.6) is 0 Å². The standard InChI is InChI=1S/C13H16N2O2/c1-2-3-6-13(17)15-12-10-11(5-4-9-16)7-8-14-12/h7-8,10,16H,2-3,6,9H2,1H3,(H,14,15,17). The highest BCUT2D eigenvalue weighted by molar-refractivity contribution is 5.89. The lowest BCUT2D eigenvalue weighted by Crippen LogP contribution is -2.12. The molecule has 1 amide bonds. The molecule has 0 saturated heterocycles. The first-order chi connectivity index (χ1) is 8.26. The van der Waals surface area contributed by atoms with Crippen LogP contribution in [-0.4, -0.2) is 22.6 Å². The summed E-state index contributed by atoms with van der Waals surface area (Å²) in [6.07, 6.45) is 3.94. The monoisotopic (exact) mass is 232 g/mol. The topological polar surface area (TPSA) is 62.2 Å². The minimum absolute atomic E-state index is 0.0355. The first-order valence-corrected chi connectivity index (χ1v) is 5.62. The molecule has 0 radical (unpaired) electrons. The second-order valence-electron chi connectivity index (χ2n) is 3.54. The zero-order chi connectivity index (χ0) is 12.5. The second kappa shape index (κ2) is 7.42. The van der Waals surface area contributed by atoms with Crippen LogP contribution >= 0.6 is 0 Å². The number of rotatable bonds is 4. The molecule has 1 aromatic heterocycles. The van der Waals surface area contributed by atoms with Crippen LogP contribution < -0.4 is 5.32 Å². The molecule has 0 spiro atoms. The molecule has 0 atom stereocenters. The third-order valence-corrected chi connectivity index (χ3v) is 2.10. The van der Waals surface area contributed by atoms with Crippen LogP contribution in [-0.2, 0) is 4.79 Å². The fourth-order valence-corrected chi connectivity index (χ4v) is 1.26. The number of aromatic nitrogens is 1. The summed E-state index contributed by atoms with van der Waals surface area (Å²) in [6.45, 7) is 1.86. The van der Waals surface area contributed by atoms with Crippen molar-refractivity contribution in [3.05, 3.63) is 23.9 Å². The molecule has 90 valence electrons. The third-order valence-electron chi connectivity index (χ3n) is 2.10.